The Kier molecular flexibility index (Phi) is 3.26. The van der Waals surface area contributed by atoms with Gasteiger partial charge in [-0.2, -0.15) is 5.26 Å². The third-order valence-electron chi connectivity index (χ3n) is 5.59. The quantitative estimate of drug-likeness (QED) is 0.901. The highest BCUT2D eigenvalue weighted by Crippen LogP contribution is 2.49. The van der Waals surface area contributed by atoms with Crippen molar-refractivity contribution in [3.05, 3.63) is 16.0 Å². The first kappa shape index (κ1) is 13.3. The van der Waals surface area contributed by atoms with E-state index in [1.165, 1.54) is 36.1 Å². The number of fused-ring (bicyclic) bond motifs is 3. The van der Waals surface area contributed by atoms with Gasteiger partial charge in [0.1, 0.15) is 11.1 Å². The maximum atomic E-state index is 12.6. The lowest BCUT2D eigenvalue weighted by Crippen LogP contribution is -2.27. The van der Waals surface area contributed by atoms with Crippen LogP contribution in [-0.2, 0) is 17.6 Å². The van der Waals surface area contributed by atoms with Crippen LogP contribution in [0.15, 0.2) is 0 Å². The van der Waals surface area contributed by atoms with Crippen molar-refractivity contribution in [1.29, 1.82) is 5.26 Å². The average Bonchev–Trinajstić information content (AvgIpc) is 3.20. The number of thiophene rings is 1. The molecule has 2 fully saturated rings. The molecular formula is C17H20N2OS. The molecule has 110 valence electrons. The average molecular weight is 300 g/mol. The van der Waals surface area contributed by atoms with Crippen LogP contribution in [0.4, 0.5) is 5.00 Å². The molecule has 3 nitrogen and oxygen atoms in total. The standard InChI is InChI=1S/C17H20N2OS/c18-9-14-12-3-1-2-4-15(12)21-17(14)19-16(20)13-8-10-5-6-11(13)7-10/h10-11,13H,1-8H2,(H,19,20). The van der Waals surface area contributed by atoms with E-state index in [4.69, 9.17) is 0 Å². The lowest BCUT2D eigenvalue weighted by molar-refractivity contribution is -0.121. The number of nitrogens with zero attached hydrogens (tertiary/aromatic N) is 1. The third-order valence-corrected chi connectivity index (χ3v) is 6.80. The van der Waals surface area contributed by atoms with E-state index in [-0.39, 0.29) is 11.8 Å². The van der Waals surface area contributed by atoms with Crippen molar-refractivity contribution in [3.8, 4) is 6.07 Å². The number of carbonyl (C=O) groups is 1. The van der Waals surface area contributed by atoms with Gasteiger partial charge < -0.3 is 5.32 Å². The molecule has 4 heteroatoms. The number of rotatable bonds is 2. The van der Waals surface area contributed by atoms with Crippen molar-refractivity contribution >= 4 is 22.2 Å². The molecule has 0 saturated heterocycles. The summed E-state index contributed by atoms with van der Waals surface area (Å²) < 4.78 is 0. The lowest BCUT2D eigenvalue weighted by atomic mass is 9.88. The van der Waals surface area contributed by atoms with E-state index >= 15 is 0 Å². The summed E-state index contributed by atoms with van der Waals surface area (Å²) in [5, 5.41) is 13.4. The smallest absolute Gasteiger partial charge is 0.228 e. The molecule has 3 atom stereocenters. The molecule has 3 unspecified atom stereocenters. The van der Waals surface area contributed by atoms with Gasteiger partial charge in [0.25, 0.3) is 0 Å². The first-order valence-electron chi connectivity index (χ1n) is 8.11. The van der Waals surface area contributed by atoms with Crippen molar-refractivity contribution in [2.24, 2.45) is 17.8 Å². The Labute approximate surface area is 129 Å². The molecule has 4 rings (SSSR count). The molecule has 3 aliphatic carbocycles. The minimum atomic E-state index is 0.164. The first-order valence-corrected chi connectivity index (χ1v) is 8.93. The summed E-state index contributed by atoms with van der Waals surface area (Å²) in [4.78, 5) is 13.9. The fourth-order valence-corrected chi connectivity index (χ4v) is 5.79. The summed E-state index contributed by atoms with van der Waals surface area (Å²) in [6, 6.07) is 2.33. The second kappa shape index (κ2) is 5.14. The van der Waals surface area contributed by atoms with Crippen LogP contribution in [0.25, 0.3) is 0 Å². The highest BCUT2D eigenvalue weighted by atomic mass is 32.1. The van der Waals surface area contributed by atoms with E-state index < -0.39 is 0 Å². The molecule has 2 saturated carbocycles. The van der Waals surface area contributed by atoms with E-state index in [1.807, 2.05) is 0 Å². The highest BCUT2D eigenvalue weighted by Gasteiger charge is 2.43. The SMILES string of the molecule is N#Cc1c(NC(=O)C2CC3CCC2C3)sc2c1CCCC2. The van der Waals surface area contributed by atoms with Gasteiger partial charge in [-0.05, 0) is 62.3 Å². The van der Waals surface area contributed by atoms with Crippen LogP contribution in [0.1, 0.15) is 54.5 Å². The predicted molar refractivity (Wildman–Crippen MR) is 83.2 cm³/mol. The van der Waals surface area contributed by atoms with Crippen molar-refractivity contribution in [3.63, 3.8) is 0 Å². The summed E-state index contributed by atoms with van der Waals surface area (Å²) in [6.45, 7) is 0. The van der Waals surface area contributed by atoms with E-state index in [9.17, 15) is 10.1 Å². The normalized spacial score (nSPS) is 30.0. The number of carbonyl (C=O) groups excluding carboxylic acids is 1. The van der Waals surface area contributed by atoms with Crippen molar-refractivity contribution in [1.82, 2.24) is 0 Å². The molecule has 0 aromatic carbocycles. The molecule has 1 aromatic heterocycles. The summed E-state index contributed by atoms with van der Waals surface area (Å²) >= 11 is 1.64. The Morgan fingerprint density at radius 2 is 2.10 bits per heavy atom. The molecule has 1 heterocycles. The van der Waals surface area contributed by atoms with Gasteiger partial charge in [-0.25, -0.2) is 0 Å². The van der Waals surface area contributed by atoms with Crippen LogP contribution in [0.2, 0.25) is 0 Å². The number of anilines is 1. The zero-order chi connectivity index (χ0) is 14.4. The lowest BCUT2D eigenvalue weighted by Gasteiger charge is -2.20. The molecule has 0 spiro atoms. The van der Waals surface area contributed by atoms with Gasteiger partial charge in [-0.1, -0.05) is 6.42 Å². The third kappa shape index (κ3) is 2.19. The Balaban J connectivity index is 1.56. The van der Waals surface area contributed by atoms with Gasteiger partial charge in [0.2, 0.25) is 5.91 Å². The monoisotopic (exact) mass is 300 g/mol. The summed E-state index contributed by atoms with van der Waals surface area (Å²) in [5.41, 5.74) is 1.95. The summed E-state index contributed by atoms with van der Waals surface area (Å²) in [6.07, 6.45) is 9.27. The largest absolute Gasteiger partial charge is 0.316 e. The molecule has 2 bridgehead atoms. The van der Waals surface area contributed by atoms with Crippen LogP contribution < -0.4 is 5.32 Å². The van der Waals surface area contributed by atoms with E-state index in [1.54, 1.807) is 11.3 Å². The zero-order valence-corrected chi connectivity index (χ0v) is 13.0. The predicted octanol–water partition coefficient (Wildman–Crippen LogP) is 3.87. The van der Waals surface area contributed by atoms with Crippen LogP contribution in [0, 0.1) is 29.1 Å². The van der Waals surface area contributed by atoms with Crippen molar-refractivity contribution < 1.29 is 4.79 Å². The first-order chi connectivity index (χ1) is 10.3. The molecule has 1 aromatic rings. The molecular weight excluding hydrogens is 280 g/mol. The Hall–Kier alpha value is -1.34. The maximum Gasteiger partial charge on any atom is 0.228 e. The van der Waals surface area contributed by atoms with Crippen LogP contribution in [0.5, 0.6) is 0 Å². The van der Waals surface area contributed by atoms with E-state index in [0.717, 1.165) is 42.2 Å². The minimum absolute atomic E-state index is 0.164. The van der Waals surface area contributed by atoms with E-state index in [2.05, 4.69) is 11.4 Å². The summed E-state index contributed by atoms with van der Waals surface area (Å²) in [5.74, 6) is 1.72. The van der Waals surface area contributed by atoms with Crippen LogP contribution >= 0.6 is 11.3 Å². The number of amides is 1. The van der Waals surface area contributed by atoms with Gasteiger partial charge in [0, 0.05) is 10.8 Å². The molecule has 0 radical (unpaired) electrons. The van der Waals surface area contributed by atoms with Gasteiger partial charge in [-0.3, -0.25) is 4.79 Å². The zero-order valence-electron chi connectivity index (χ0n) is 12.2. The number of hydrogen-bond acceptors (Lipinski definition) is 3. The number of aryl methyl sites for hydroxylation is 1. The highest BCUT2D eigenvalue weighted by molar-refractivity contribution is 7.16. The van der Waals surface area contributed by atoms with Gasteiger partial charge in [0.05, 0.1) is 5.56 Å². The van der Waals surface area contributed by atoms with Gasteiger partial charge in [-0.15, -0.1) is 11.3 Å². The molecule has 1 N–H and O–H groups in total. The fraction of sp³-hybridized carbons (Fsp3) is 0.647. The topological polar surface area (TPSA) is 52.9 Å². The van der Waals surface area contributed by atoms with Gasteiger partial charge >= 0.3 is 0 Å². The number of nitrogens with one attached hydrogen (secondary N) is 1. The molecule has 21 heavy (non-hydrogen) atoms. The number of nitriles is 1. The van der Waals surface area contributed by atoms with Crippen LogP contribution in [0.3, 0.4) is 0 Å². The second-order valence-electron chi connectivity index (χ2n) is 6.80. The summed E-state index contributed by atoms with van der Waals surface area (Å²) in [7, 11) is 0. The number of hydrogen-bond donors (Lipinski definition) is 1. The molecule has 0 aliphatic heterocycles. The molecule has 3 aliphatic rings. The molecule has 1 amide bonds. The second-order valence-corrected chi connectivity index (χ2v) is 7.90. The van der Waals surface area contributed by atoms with Crippen molar-refractivity contribution in [2.75, 3.05) is 5.32 Å². The van der Waals surface area contributed by atoms with Gasteiger partial charge in [0.15, 0.2) is 0 Å². The van der Waals surface area contributed by atoms with Crippen molar-refractivity contribution in [2.45, 2.75) is 51.4 Å². The maximum absolute atomic E-state index is 12.6. The Morgan fingerprint density at radius 1 is 1.24 bits per heavy atom. The fourth-order valence-electron chi connectivity index (χ4n) is 4.54. The minimum Gasteiger partial charge on any atom is -0.316 e. The Morgan fingerprint density at radius 3 is 2.81 bits per heavy atom. The van der Waals surface area contributed by atoms with Crippen LogP contribution in [-0.4, -0.2) is 5.91 Å². The Bertz CT molecular complexity index is 627. The van der Waals surface area contributed by atoms with E-state index in [0.29, 0.717) is 5.92 Å².